The first kappa shape index (κ1) is 20.9. The molecule has 0 aliphatic carbocycles. The van der Waals surface area contributed by atoms with Crippen molar-refractivity contribution < 1.29 is 9.53 Å². The van der Waals surface area contributed by atoms with Crippen LogP contribution in [0, 0.1) is 13.8 Å². The number of nitrogens with one attached hydrogen (secondary N) is 1. The predicted molar refractivity (Wildman–Crippen MR) is 131 cm³/mol. The molecule has 4 aromatic rings. The predicted octanol–water partition coefficient (Wildman–Crippen LogP) is 6.24. The third-order valence-electron chi connectivity index (χ3n) is 6.13. The Morgan fingerprint density at radius 1 is 0.939 bits per heavy atom. The summed E-state index contributed by atoms with van der Waals surface area (Å²) in [5, 5.41) is 3.15. The van der Waals surface area contributed by atoms with Gasteiger partial charge in [0.05, 0.1) is 25.4 Å². The number of hydrogen-bond acceptors (Lipinski definition) is 2. The van der Waals surface area contributed by atoms with Gasteiger partial charge in [0.1, 0.15) is 5.75 Å². The summed E-state index contributed by atoms with van der Waals surface area (Å²) in [6.07, 6.45) is 2.07. The molecule has 1 aliphatic heterocycles. The number of urea groups is 1. The molecule has 1 atom stereocenters. The van der Waals surface area contributed by atoms with E-state index in [2.05, 4.69) is 40.3 Å². The lowest BCUT2D eigenvalue weighted by Crippen LogP contribution is -2.38. The molecule has 5 nitrogen and oxygen atoms in total. The highest BCUT2D eigenvalue weighted by atomic mass is 16.5. The van der Waals surface area contributed by atoms with Crippen LogP contribution in [-0.2, 0) is 6.54 Å². The van der Waals surface area contributed by atoms with E-state index in [0.29, 0.717) is 6.54 Å². The van der Waals surface area contributed by atoms with Crippen LogP contribution >= 0.6 is 0 Å². The maximum atomic E-state index is 13.8. The first-order chi connectivity index (χ1) is 16.0. The number of amides is 2. The van der Waals surface area contributed by atoms with Crippen LogP contribution in [0.3, 0.4) is 0 Å². The smallest absolute Gasteiger partial charge is 0.322 e. The molecule has 5 heteroatoms. The van der Waals surface area contributed by atoms with E-state index in [1.165, 1.54) is 0 Å². The summed E-state index contributed by atoms with van der Waals surface area (Å²) in [7, 11) is 1.66. The fourth-order valence-electron chi connectivity index (χ4n) is 4.72. The van der Waals surface area contributed by atoms with E-state index in [4.69, 9.17) is 4.74 Å². The van der Waals surface area contributed by atoms with Gasteiger partial charge >= 0.3 is 6.03 Å². The Bertz CT molecular complexity index is 1290. The van der Waals surface area contributed by atoms with Crippen LogP contribution < -0.4 is 10.1 Å². The minimum absolute atomic E-state index is 0.134. The highest BCUT2D eigenvalue weighted by Gasteiger charge is 2.33. The molecular weight excluding hydrogens is 410 g/mol. The molecule has 0 bridgehead atoms. The summed E-state index contributed by atoms with van der Waals surface area (Å²) >= 11 is 0. The number of aromatic nitrogens is 1. The Labute approximate surface area is 194 Å². The maximum absolute atomic E-state index is 13.8. The Morgan fingerprint density at radius 2 is 1.67 bits per heavy atom. The third-order valence-corrected chi connectivity index (χ3v) is 6.13. The molecule has 0 saturated carbocycles. The van der Waals surface area contributed by atoms with E-state index >= 15 is 0 Å². The van der Waals surface area contributed by atoms with Gasteiger partial charge in [-0.3, -0.25) is 0 Å². The number of carbonyl (C=O) groups is 1. The lowest BCUT2D eigenvalue weighted by Gasteiger charge is -2.31. The van der Waals surface area contributed by atoms with Crippen molar-refractivity contribution in [1.29, 1.82) is 0 Å². The van der Waals surface area contributed by atoms with Crippen molar-refractivity contribution in [2.24, 2.45) is 0 Å². The summed E-state index contributed by atoms with van der Waals surface area (Å²) < 4.78 is 7.55. The number of rotatable bonds is 3. The standard InChI is InChI=1S/C28H27N3O2/c1-19-15-20(2)17-23(16-19)29-28(32)31-18-22-7-4-5-8-25(22)30-14-6-9-26(30)27(31)21-10-12-24(33-3)13-11-21/h4-17,27H,18H2,1-3H3,(H,29,32)/t27-/m0/s1. The number of fused-ring (bicyclic) bond motifs is 3. The zero-order chi connectivity index (χ0) is 22.9. The molecule has 2 amide bonds. The van der Waals surface area contributed by atoms with Crippen molar-refractivity contribution in [3.63, 3.8) is 0 Å². The van der Waals surface area contributed by atoms with E-state index in [9.17, 15) is 4.79 Å². The molecule has 166 valence electrons. The number of carbonyl (C=O) groups excluding carboxylic acids is 1. The Hall–Kier alpha value is -3.99. The van der Waals surface area contributed by atoms with Gasteiger partial charge in [0.15, 0.2) is 0 Å². The molecule has 0 fully saturated rings. The quantitative estimate of drug-likeness (QED) is 0.412. The molecule has 2 heterocycles. The van der Waals surface area contributed by atoms with Crippen LogP contribution in [0.1, 0.15) is 34.0 Å². The second kappa shape index (κ2) is 8.51. The average molecular weight is 438 g/mol. The van der Waals surface area contributed by atoms with E-state index in [0.717, 1.165) is 45.1 Å². The molecule has 3 aromatic carbocycles. The Kier molecular flexibility index (Phi) is 5.38. The molecule has 0 unspecified atom stereocenters. The average Bonchev–Trinajstić information content (AvgIpc) is 3.23. The summed E-state index contributed by atoms with van der Waals surface area (Å²) in [6.45, 7) is 4.57. The number of anilines is 1. The highest BCUT2D eigenvalue weighted by molar-refractivity contribution is 5.90. The van der Waals surface area contributed by atoms with E-state index in [1.807, 2.05) is 73.3 Å². The monoisotopic (exact) mass is 437 g/mol. The minimum atomic E-state index is -0.260. The van der Waals surface area contributed by atoms with Gasteiger partial charge in [-0.05, 0) is 78.6 Å². The first-order valence-electron chi connectivity index (χ1n) is 11.1. The van der Waals surface area contributed by atoms with Crippen LogP contribution in [0.5, 0.6) is 5.75 Å². The van der Waals surface area contributed by atoms with Crippen molar-refractivity contribution in [3.05, 3.63) is 113 Å². The van der Waals surface area contributed by atoms with Gasteiger partial charge in [0.2, 0.25) is 0 Å². The Morgan fingerprint density at radius 3 is 2.39 bits per heavy atom. The number of para-hydroxylation sites is 1. The first-order valence-corrected chi connectivity index (χ1v) is 11.1. The maximum Gasteiger partial charge on any atom is 0.322 e. The number of benzene rings is 3. The van der Waals surface area contributed by atoms with Crippen molar-refractivity contribution in [3.8, 4) is 11.4 Å². The normalized spacial score (nSPS) is 14.8. The number of hydrogen-bond donors (Lipinski definition) is 1. The summed E-state index contributed by atoms with van der Waals surface area (Å²) in [4.78, 5) is 15.7. The summed E-state index contributed by atoms with van der Waals surface area (Å²) in [5.41, 5.74) is 7.30. The second-order valence-corrected chi connectivity index (χ2v) is 8.54. The van der Waals surface area contributed by atoms with Gasteiger partial charge in [-0.25, -0.2) is 4.79 Å². The van der Waals surface area contributed by atoms with Crippen LogP contribution in [0.4, 0.5) is 10.5 Å². The molecule has 0 radical (unpaired) electrons. The minimum Gasteiger partial charge on any atom is -0.497 e. The number of methoxy groups -OCH3 is 1. The number of nitrogens with zero attached hydrogens (tertiary/aromatic N) is 2. The molecule has 1 aliphatic rings. The SMILES string of the molecule is COc1ccc([C@H]2c3cccn3-c3ccccc3CN2C(=O)Nc2cc(C)cc(C)c2)cc1. The molecule has 5 rings (SSSR count). The highest BCUT2D eigenvalue weighted by Crippen LogP contribution is 2.37. The third kappa shape index (κ3) is 3.98. The fraction of sp³-hybridized carbons (Fsp3) is 0.179. The molecule has 0 saturated heterocycles. The molecule has 0 spiro atoms. The summed E-state index contributed by atoms with van der Waals surface area (Å²) in [6, 6.07) is 26.1. The van der Waals surface area contributed by atoms with E-state index < -0.39 is 0 Å². The molecule has 1 aromatic heterocycles. The molecular formula is C28H27N3O2. The van der Waals surface area contributed by atoms with Crippen molar-refractivity contribution in [2.45, 2.75) is 26.4 Å². The van der Waals surface area contributed by atoms with Crippen LogP contribution in [0.15, 0.2) is 85.1 Å². The lowest BCUT2D eigenvalue weighted by molar-refractivity contribution is 0.194. The van der Waals surface area contributed by atoms with Crippen LogP contribution in [0.2, 0.25) is 0 Å². The molecule has 1 N–H and O–H groups in total. The zero-order valence-corrected chi connectivity index (χ0v) is 19.1. The van der Waals surface area contributed by atoms with Crippen molar-refractivity contribution >= 4 is 11.7 Å². The van der Waals surface area contributed by atoms with Gasteiger partial charge in [-0.15, -0.1) is 0 Å². The number of ether oxygens (including phenoxy) is 1. The largest absolute Gasteiger partial charge is 0.497 e. The van der Waals surface area contributed by atoms with Gasteiger partial charge in [-0.1, -0.05) is 36.4 Å². The van der Waals surface area contributed by atoms with Crippen molar-refractivity contribution in [2.75, 3.05) is 12.4 Å². The van der Waals surface area contributed by atoms with Crippen LogP contribution in [-0.4, -0.2) is 22.6 Å². The van der Waals surface area contributed by atoms with E-state index in [-0.39, 0.29) is 12.1 Å². The topological polar surface area (TPSA) is 46.5 Å². The fourth-order valence-corrected chi connectivity index (χ4v) is 4.72. The lowest BCUT2D eigenvalue weighted by atomic mass is 10.0. The number of aryl methyl sites for hydroxylation is 2. The zero-order valence-electron chi connectivity index (χ0n) is 19.1. The van der Waals surface area contributed by atoms with Gasteiger partial charge in [0.25, 0.3) is 0 Å². The second-order valence-electron chi connectivity index (χ2n) is 8.54. The van der Waals surface area contributed by atoms with Gasteiger partial charge < -0.3 is 19.5 Å². The van der Waals surface area contributed by atoms with Gasteiger partial charge in [0, 0.05) is 17.6 Å². The molecule has 33 heavy (non-hydrogen) atoms. The van der Waals surface area contributed by atoms with Gasteiger partial charge in [-0.2, -0.15) is 0 Å². The summed E-state index contributed by atoms with van der Waals surface area (Å²) in [5.74, 6) is 0.789. The van der Waals surface area contributed by atoms with E-state index in [1.54, 1.807) is 7.11 Å². The van der Waals surface area contributed by atoms with Crippen molar-refractivity contribution in [1.82, 2.24) is 9.47 Å². The van der Waals surface area contributed by atoms with Crippen LogP contribution in [0.25, 0.3) is 5.69 Å². The Balaban J connectivity index is 1.62.